The van der Waals surface area contributed by atoms with Crippen molar-refractivity contribution >= 4 is 11.8 Å². The second-order valence-corrected chi connectivity index (χ2v) is 9.85. The van der Waals surface area contributed by atoms with E-state index in [1.165, 1.54) is 0 Å². The summed E-state index contributed by atoms with van der Waals surface area (Å²) in [5.74, 6) is 1.54. The van der Waals surface area contributed by atoms with Crippen LogP contribution in [0.25, 0.3) is 0 Å². The van der Waals surface area contributed by atoms with E-state index in [2.05, 4.69) is 38.3 Å². The number of hydrogen-bond acceptors (Lipinski definition) is 4. The van der Waals surface area contributed by atoms with E-state index in [1.54, 1.807) is 12.1 Å². The molecule has 2 aromatic rings. The molecule has 0 spiro atoms. The standard InChI is InChI=1S/C28H38N2O4/c1-19(2)17-33-25-15-9-5-11-21(25)27(31)29-23-13-7-8-14-24(23)30-28(32)22-12-6-10-16-26(22)34-18-20(3)4/h5-6,9-12,15-16,19-20,23-24H,7-8,13-14,17-18H2,1-4H3,(H,29,31)(H,30,32). The second kappa shape index (κ2) is 12.4. The first-order valence-corrected chi connectivity index (χ1v) is 12.4. The number of amides is 2. The lowest BCUT2D eigenvalue weighted by Crippen LogP contribution is -2.53. The molecule has 2 atom stereocenters. The minimum absolute atomic E-state index is 0.146. The SMILES string of the molecule is CC(C)COc1ccccc1C(=O)NC1CCCCC1NC(=O)c1ccccc1OCC(C)C. The summed E-state index contributed by atoms with van der Waals surface area (Å²) in [4.78, 5) is 26.3. The van der Waals surface area contributed by atoms with Crippen molar-refractivity contribution in [3.05, 3.63) is 59.7 Å². The molecule has 1 aliphatic carbocycles. The molecule has 1 saturated carbocycles. The Labute approximate surface area is 203 Å². The first-order chi connectivity index (χ1) is 16.3. The molecule has 2 unspecified atom stereocenters. The Bertz CT molecular complexity index is 879. The van der Waals surface area contributed by atoms with Crippen LogP contribution in [0.2, 0.25) is 0 Å². The van der Waals surface area contributed by atoms with E-state index in [-0.39, 0.29) is 23.9 Å². The van der Waals surface area contributed by atoms with E-state index in [1.807, 2.05) is 36.4 Å². The van der Waals surface area contributed by atoms with Crippen molar-refractivity contribution in [3.63, 3.8) is 0 Å². The van der Waals surface area contributed by atoms with Crippen LogP contribution >= 0.6 is 0 Å². The van der Waals surface area contributed by atoms with E-state index in [4.69, 9.17) is 9.47 Å². The molecule has 0 aliphatic heterocycles. The molecular formula is C28H38N2O4. The topological polar surface area (TPSA) is 76.7 Å². The Morgan fingerprint density at radius 2 is 1.12 bits per heavy atom. The number of benzene rings is 2. The van der Waals surface area contributed by atoms with Crippen molar-refractivity contribution in [2.45, 2.75) is 65.5 Å². The average molecular weight is 467 g/mol. The van der Waals surface area contributed by atoms with E-state index in [0.717, 1.165) is 25.7 Å². The highest BCUT2D eigenvalue weighted by molar-refractivity contribution is 5.98. The summed E-state index contributed by atoms with van der Waals surface area (Å²) in [7, 11) is 0. The third kappa shape index (κ3) is 7.24. The van der Waals surface area contributed by atoms with Crippen LogP contribution in [-0.4, -0.2) is 37.1 Å². The van der Waals surface area contributed by atoms with Gasteiger partial charge in [-0.2, -0.15) is 0 Å². The van der Waals surface area contributed by atoms with E-state index in [9.17, 15) is 9.59 Å². The molecule has 0 aromatic heterocycles. The predicted molar refractivity (Wildman–Crippen MR) is 135 cm³/mol. The molecule has 0 bridgehead atoms. The molecule has 0 saturated heterocycles. The fourth-order valence-corrected chi connectivity index (χ4v) is 4.04. The fraction of sp³-hybridized carbons (Fsp3) is 0.500. The van der Waals surface area contributed by atoms with Crippen LogP contribution in [-0.2, 0) is 0 Å². The molecule has 0 radical (unpaired) electrons. The molecule has 1 aliphatic rings. The summed E-state index contributed by atoms with van der Waals surface area (Å²) in [5.41, 5.74) is 1.04. The third-order valence-corrected chi connectivity index (χ3v) is 5.81. The van der Waals surface area contributed by atoms with Gasteiger partial charge in [-0.05, 0) is 48.9 Å². The minimum Gasteiger partial charge on any atom is -0.492 e. The molecule has 2 N–H and O–H groups in total. The normalized spacial score (nSPS) is 17.9. The molecule has 0 heterocycles. The van der Waals surface area contributed by atoms with Crippen molar-refractivity contribution in [1.29, 1.82) is 0 Å². The largest absolute Gasteiger partial charge is 0.492 e. The first kappa shape index (κ1) is 25.6. The molecule has 1 fully saturated rings. The summed E-state index contributed by atoms with van der Waals surface area (Å²) < 4.78 is 11.7. The molecule has 6 nitrogen and oxygen atoms in total. The maximum Gasteiger partial charge on any atom is 0.255 e. The Hall–Kier alpha value is -3.02. The van der Waals surface area contributed by atoms with Crippen LogP contribution in [0, 0.1) is 11.8 Å². The zero-order valence-corrected chi connectivity index (χ0v) is 20.8. The molecular weight excluding hydrogens is 428 g/mol. The van der Waals surface area contributed by atoms with Gasteiger partial charge in [0, 0.05) is 12.1 Å². The molecule has 184 valence electrons. The van der Waals surface area contributed by atoms with Gasteiger partial charge in [-0.25, -0.2) is 0 Å². The molecule has 6 heteroatoms. The van der Waals surface area contributed by atoms with Gasteiger partial charge < -0.3 is 20.1 Å². The van der Waals surface area contributed by atoms with Gasteiger partial charge in [-0.1, -0.05) is 64.8 Å². The number of carbonyl (C=O) groups is 2. The zero-order chi connectivity index (χ0) is 24.5. The van der Waals surface area contributed by atoms with Crippen LogP contribution in [0.4, 0.5) is 0 Å². The molecule has 2 aromatic carbocycles. The number of carbonyl (C=O) groups excluding carboxylic acids is 2. The number of hydrogen-bond donors (Lipinski definition) is 2. The number of nitrogens with one attached hydrogen (secondary N) is 2. The van der Waals surface area contributed by atoms with Gasteiger partial charge >= 0.3 is 0 Å². The van der Waals surface area contributed by atoms with Crippen molar-refractivity contribution in [2.24, 2.45) is 11.8 Å². The lowest BCUT2D eigenvalue weighted by Gasteiger charge is -2.33. The summed E-state index contributed by atoms with van der Waals surface area (Å²) in [6.07, 6.45) is 3.65. The Balaban J connectivity index is 1.69. The van der Waals surface area contributed by atoms with Crippen LogP contribution < -0.4 is 20.1 Å². The quantitative estimate of drug-likeness (QED) is 0.503. The van der Waals surface area contributed by atoms with Crippen LogP contribution in [0.15, 0.2) is 48.5 Å². The van der Waals surface area contributed by atoms with Gasteiger partial charge in [0.1, 0.15) is 11.5 Å². The number of ether oxygens (including phenoxy) is 2. The fourth-order valence-electron chi connectivity index (χ4n) is 4.04. The summed E-state index contributed by atoms with van der Waals surface area (Å²) in [6.45, 7) is 9.39. The first-order valence-electron chi connectivity index (χ1n) is 12.4. The van der Waals surface area contributed by atoms with E-state index < -0.39 is 0 Å². The lowest BCUT2D eigenvalue weighted by atomic mass is 9.89. The Morgan fingerprint density at radius 3 is 1.50 bits per heavy atom. The third-order valence-electron chi connectivity index (χ3n) is 5.81. The summed E-state index contributed by atoms with van der Waals surface area (Å²) >= 11 is 0. The number of rotatable bonds is 10. The smallest absolute Gasteiger partial charge is 0.255 e. The minimum atomic E-state index is -0.175. The highest BCUT2D eigenvalue weighted by Gasteiger charge is 2.29. The van der Waals surface area contributed by atoms with Crippen LogP contribution in [0.1, 0.15) is 74.1 Å². The van der Waals surface area contributed by atoms with Gasteiger partial charge in [0.25, 0.3) is 11.8 Å². The highest BCUT2D eigenvalue weighted by Crippen LogP contribution is 2.24. The van der Waals surface area contributed by atoms with Crippen LogP contribution in [0.3, 0.4) is 0 Å². The van der Waals surface area contributed by atoms with Gasteiger partial charge in [-0.3, -0.25) is 9.59 Å². The van der Waals surface area contributed by atoms with Crippen molar-refractivity contribution < 1.29 is 19.1 Å². The second-order valence-electron chi connectivity index (χ2n) is 9.85. The predicted octanol–water partition coefficient (Wildman–Crippen LogP) is 5.23. The van der Waals surface area contributed by atoms with Crippen molar-refractivity contribution in [1.82, 2.24) is 10.6 Å². The van der Waals surface area contributed by atoms with E-state index >= 15 is 0 Å². The monoisotopic (exact) mass is 466 g/mol. The zero-order valence-electron chi connectivity index (χ0n) is 20.8. The van der Waals surface area contributed by atoms with E-state index in [0.29, 0.717) is 47.7 Å². The van der Waals surface area contributed by atoms with Crippen LogP contribution in [0.5, 0.6) is 11.5 Å². The summed E-state index contributed by atoms with van der Waals surface area (Å²) in [5, 5.41) is 6.32. The van der Waals surface area contributed by atoms with Gasteiger partial charge in [0.05, 0.1) is 24.3 Å². The van der Waals surface area contributed by atoms with Gasteiger partial charge in [0.15, 0.2) is 0 Å². The Kier molecular flexibility index (Phi) is 9.37. The van der Waals surface area contributed by atoms with Gasteiger partial charge in [0.2, 0.25) is 0 Å². The maximum atomic E-state index is 13.2. The van der Waals surface area contributed by atoms with Crippen molar-refractivity contribution in [2.75, 3.05) is 13.2 Å². The average Bonchev–Trinajstić information content (AvgIpc) is 2.83. The highest BCUT2D eigenvalue weighted by atomic mass is 16.5. The molecule has 3 rings (SSSR count). The maximum absolute atomic E-state index is 13.2. The Morgan fingerprint density at radius 1 is 0.735 bits per heavy atom. The molecule has 34 heavy (non-hydrogen) atoms. The number of para-hydroxylation sites is 2. The summed E-state index contributed by atoms with van der Waals surface area (Å²) in [6, 6.07) is 14.3. The van der Waals surface area contributed by atoms with Crippen molar-refractivity contribution in [3.8, 4) is 11.5 Å². The lowest BCUT2D eigenvalue weighted by molar-refractivity contribution is 0.0857. The molecule has 2 amide bonds. The van der Waals surface area contributed by atoms with Gasteiger partial charge in [-0.15, -0.1) is 0 Å².